The molecule has 3 N–H and O–H groups in total. The van der Waals surface area contributed by atoms with E-state index in [9.17, 15) is 14.4 Å². The highest BCUT2D eigenvalue weighted by molar-refractivity contribution is 6.34. The van der Waals surface area contributed by atoms with Gasteiger partial charge in [-0.3, -0.25) is 14.9 Å². The summed E-state index contributed by atoms with van der Waals surface area (Å²) in [4.78, 5) is 34.2. The summed E-state index contributed by atoms with van der Waals surface area (Å²) in [6.45, 7) is 3.74. The van der Waals surface area contributed by atoms with Crippen molar-refractivity contribution in [3.8, 4) is 0 Å². The van der Waals surface area contributed by atoms with Crippen LogP contribution >= 0.6 is 11.6 Å². The van der Waals surface area contributed by atoms with Crippen LogP contribution < -0.4 is 16.0 Å². The minimum absolute atomic E-state index is 0.138. The molecule has 20 heavy (non-hydrogen) atoms. The molecule has 0 radical (unpaired) electrons. The normalized spacial score (nSPS) is 17.6. The van der Waals surface area contributed by atoms with Crippen LogP contribution in [-0.2, 0) is 9.59 Å². The monoisotopic (exact) mass is 295 g/mol. The van der Waals surface area contributed by atoms with Gasteiger partial charge in [0.05, 0.1) is 17.1 Å². The lowest BCUT2D eigenvalue weighted by molar-refractivity contribution is -0.124. The minimum atomic E-state index is -0.841. The highest BCUT2D eigenvalue weighted by Gasteiger charge is 2.31. The Kier molecular flexibility index (Phi) is 3.94. The van der Waals surface area contributed by atoms with E-state index in [2.05, 4.69) is 16.0 Å². The van der Waals surface area contributed by atoms with Gasteiger partial charge >= 0.3 is 6.03 Å². The first-order chi connectivity index (χ1) is 9.36. The van der Waals surface area contributed by atoms with E-state index < -0.39 is 18.0 Å². The molecule has 1 unspecified atom stereocenters. The van der Waals surface area contributed by atoms with Crippen molar-refractivity contribution in [3.05, 3.63) is 28.3 Å². The van der Waals surface area contributed by atoms with Crippen molar-refractivity contribution in [2.75, 3.05) is 5.32 Å². The van der Waals surface area contributed by atoms with E-state index in [1.807, 2.05) is 19.9 Å². The van der Waals surface area contributed by atoms with Crippen molar-refractivity contribution >= 4 is 35.1 Å². The summed E-state index contributed by atoms with van der Waals surface area (Å²) < 4.78 is 0. The van der Waals surface area contributed by atoms with Crippen molar-refractivity contribution in [1.82, 2.24) is 10.6 Å². The van der Waals surface area contributed by atoms with Crippen LogP contribution in [0.5, 0.6) is 0 Å². The van der Waals surface area contributed by atoms with Gasteiger partial charge in [0.15, 0.2) is 0 Å². The van der Waals surface area contributed by atoms with Gasteiger partial charge in [-0.25, -0.2) is 4.79 Å². The van der Waals surface area contributed by atoms with Crippen LogP contribution in [0.15, 0.2) is 12.1 Å². The fraction of sp³-hybridized carbons (Fsp3) is 0.308. The zero-order valence-electron chi connectivity index (χ0n) is 11.0. The number of benzene rings is 1. The van der Waals surface area contributed by atoms with E-state index >= 15 is 0 Å². The van der Waals surface area contributed by atoms with Crippen molar-refractivity contribution in [2.24, 2.45) is 0 Å². The van der Waals surface area contributed by atoms with E-state index in [0.29, 0.717) is 10.7 Å². The molecule has 7 heteroatoms. The Balaban J connectivity index is 2.05. The molecule has 2 rings (SSSR count). The predicted octanol–water partition coefficient (Wildman–Crippen LogP) is 1.49. The van der Waals surface area contributed by atoms with Crippen LogP contribution in [-0.4, -0.2) is 23.9 Å². The summed E-state index contributed by atoms with van der Waals surface area (Å²) in [6.07, 6.45) is -0.138. The molecule has 0 bridgehead atoms. The summed E-state index contributed by atoms with van der Waals surface area (Å²) in [6, 6.07) is 2.21. The lowest BCUT2D eigenvalue weighted by atomic mass is 10.1. The van der Waals surface area contributed by atoms with Gasteiger partial charge in [-0.2, -0.15) is 0 Å². The second kappa shape index (κ2) is 5.50. The van der Waals surface area contributed by atoms with Gasteiger partial charge in [-0.05, 0) is 31.0 Å². The molecule has 0 aliphatic carbocycles. The molecule has 6 nitrogen and oxygen atoms in total. The molecule has 1 fully saturated rings. The number of urea groups is 1. The van der Waals surface area contributed by atoms with Gasteiger partial charge in [0.1, 0.15) is 6.04 Å². The van der Waals surface area contributed by atoms with Crippen LogP contribution in [0.2, 0.25) is 5.02 Å². The number of hydrogen-bond donors (Lipinski definition) is 3. The van der Waals surface area contributed by atoms with E-state index in [4.69, 9.17) is 11.6 Å². The predicted molar refractivity (Wildman–Crippen MR) is 74.6 cm³/mol. The summed E-state index contributed by atoms with van der Waals surface area (Å²) >= 11 is 6.08. The molecular formula is C13H14ClN3O3. The summed E-state index contributed by atoms with van der Waals surface area (Å²) in [5.74, 6) is -0.891. The fourth-order valence-corrected chi connectivity index (χ4v) is 2.42. The maximum Gasteiger partial charge on any atom is 0.322 e. The Morgan fingerprint density at radius 2 is 2.05 bits per heavy atom. The first-order valence-electron chi connectivity index (χ1n) is 6.05. The number of anilines is 1. The maximum atomic E-state index is 11.9. The van der Waals surface area contributed by atoms with E-state index in [-0.39, 0.29) is 12.3 Å². The molecule has 1 aliphatic rings. The Hall–Kier alpha value is -2.08. The minimum Gasteiger partial charge on any atom is -0.325 e. The zero-order chi connectivity index (χ0) is 14.9. The van der Waals surface area contributed by atoms with Crippen LogP contribution in [0.4, 0.5) is 10.5 Å². The van der Waals surface area contributed by atoms with E-state index in [1.165, 1.54) is 0 Å². The van der Waals surface area contributed by atoms with E-state index in [1.54, 1.807) is 6.07 Å². The summed E-state index contributed by atoms with van der Waals surface area (Å²) in [5, 5.41) is 7.54. The number of imide groups is 1. The number of rotatable bonds is 3. The standard InChI is InChI=1S/C13H14ClN3O3/c1-6-3-7(2)11(8(14)4-6)16-10(18)5-9-12(19)17-13(20)15-9/h3-4,9H,5H2,1-2H3,(H,16,18)(H2,15,17,19,20). The summed E-state index contributed by atoms with van der Waals surface area (Å²) in [7, 11) is 0. The van der Waals surface area contributed by atoms with E-state index in [0.717, 1.165) is 11.1 Å². The van der Waals surface area contributed by atoms with Gasteiger partial charge in [0, 0.05) is 0 Å². The molecule has 1 heterocycles. The van der Waals surface area contributed by atoms with Crippen LogP contribution in [0.3, 0.4) is 0 Å². The summed E-state index contributed by atoms with van der Waals surface area (Å²) in [5.41, 5.74) is 2.35. The Bertz CT molecular complexity index is 578. The third-order valence-electron chi connectivity index (χ3n) is 2.94. The zero-order valence-corrected chi connectivity index (χ0v) is 11.8. The number of nitrogens with one attached hydrogen (secondary N) is 3. The third kappa shape index (κ3) is 3.08. The Morgan fingerprint density at radius 3 is 2.60 bits per heavy atom. The van der Waals surface area contributed by atoms with Gasteiger partial charge in [0.25, 0.3) is 5.91 Å². The molecule has 4 amide bonds. The number of hydrogen-bond acceptors (Lipinski definition) is 3. The van der Waals surface area contributed by atoms with Gasteiger partial charge in [0.2, 0.25) is 5.91 Å². The molecule has 0 saturated carbocycles. The van der Waals surface area contributed by atoms with Crippen molar-refractivity contribution < 1.29 is 14.4 Å². The molecule has 1 aromatic carbocycles. The molecule has 1 aromatic rings. The van der Waals surface area contributed by atoms with Crippen molar-refractivity contribution in [2.45, 2.75) is 26.3 Å². The van der Waals surface area contributed by atoms with Crippen LogP contribution in [0, 0.1) is 13.8 Å². The number of carbonyl (C=O) groups excluding carboxylic acids is 3. The average molecular weight is 296 g/mol. The number of halogens is 1. The fourth-order valence-electron chi connectivity index (χ4n) is 2.05. The molecule has 1 saturated heterocycles. The third-order valence-corrected chi connectivity index (χ3v) is 3.24. The lowest BCUT2D eigenvalue weighted by Gasteiger charge is -2.13. The second-order valence-corrected chi connectivity index (χ2v) is 5.11. The largest absolute Gasteiger partial charge is 0.325 e. The van der Waals surface area contributed by atoms with Crippen molar-refractivity contribution in [1.29, 1.82) is 0 Å². The lowest BCUT2D eigenvalue weighted by Crippen LogP contribution is -2.33. The first kappa shape index (κ1) is 14.3. The molecule has 0 aromatic heterocycles. The highest BCUT2D eigenvalue weighted by Crippen LogP contribution is 2.27. The van der Waals surface area contributed by atoms with Gasteiger partial charge in [-0.15, -0.1) is 0 Å². The van der Waals surface area contributed by atoms with Crippen LogP contribution in [0.25, 0.3) is 0 Å². The molecule has 1 aliphatic heterocycles. The molecular weight excluding hydrogens is 282 g/mol. The maximum absolute atomic E-state index is 11.9. The quantitative estimate of drug-likeness (QED) is 0.738. The SMILES string of the molecule is Cc1cc(C)c(NC(=O)CC2NC(=O)NC2=O)c(Cl)c1. The molecule has 1 atom stereocenters. The van der Waals surface area contributed by atoms with Gasteiger partial charge < -0.3 is 10.6 Å². The first-order valence-corrected chi connectivity index (χ1v) is 6.42. The Morgan fingerprint density at radius 1 is 1.35 bits per heavy atom. The second-order valence-electron chi connectivity index (χ2n) is 4.71. The smallest absolute Gasteiger partial charge is 0.322 e. The van der Waals surface area contributed by atoms with Crippen LogP contribution in [0.1, 0.15) is 17.5 Å². The topological polar surface area (TPSA) is 87.3 Å². The average Bonchev–Trinajstić information content (AvgIpc) is 2.62. The van der Waals surface area contributed by atoms with Crippen molar-refractivity contribution in [3.63, 3.8) is 0 Å². The number of amides is 4. The highest BCUT2D eigenvalue weighted by atomic mass is 35.5. The number of carbonyl (C=O) groups is 3. The Labute approximate surface area is 120 Å². The number of aryl methyl sites for hydroxylation is 2. The molecule has 106 valence electrons. The van der Waals surface area contributed by atoms with Gasteiger partial charge in [-0.1, -0.05) is 17.7 Å². The molecule has 0 spiro atoms.